The fourth-order valence-corrected chi connectivity index (χ4v) is 3.24. The van der Waals surface area contributed by atoms with Crippen LogP contribution in [0.5, 0.6) is 0 Å². The summed E-state index contributed by atoms with van der Waals surface area (Å²) in [5.74, 6) is -0.547. The molecule has 0 unspecified atom stereocenters. The van der Waals surface area contributed by atoms with Gasteiger partial charge in [-0.2, -0.15) is 0 Å². The molecule has 2 aromatic carbocycles. The number of fused-ring (bicyclic) bond motifs is 1. The predicted molar refractivity (Wildman–Crippen MR) is 103 cm³/mol. The van der Waals surface area contributed by atoms with E-state index in [9.17, 15) is 19.7 Å². The minimum absolute atomic E-state index is 0.0110. The van der Waals surface area contributed by atoms with Crippen molar-refractivity contribution in [2.45, 2.75) is 26.7 Å². The lowest BCUT2D eigenvalue weighted by atomic mass is 9.99. The van der Waals surface area contributed by atoms with E-state index >= 15 is 0 Å². The van der Waals surface area contributed by atoms with Crippen molar-refractivity contribution in [3.8, 4) is 0 Å². The van der Waals surface area contributed by atoms with Crippen LogP contribution in [0.4, 0.5) is 17.1 Å². The second kappa shape index (κ2) is 7.57. The molecule has 1 heterocycles. The number of nitrogens with zero attached hydrogens (tertiary/aromatic N) is 2. The highest BCUT2D eigenvalue weighted by atomic mass is 16.6. The quantitative estimate of drug-likeness (QED) is 0.657. The van der Waals surface area contributed by atoms with Gasteiger partial charge in [0.2, 0.25) is 5.91 Å². The van der Waals surface area contributed by atoms with Gasteiger partial charge in [-0.15, -0.1) is 0 Å². The molecule has 7 heteroatoms. The molecule has 1 N–H and O–H groups in total. The molecule has 1 aliphatic heterocycles. The van der Waals surface area contributed by atoms with Gasteiger partial charge in [-0.25, -0.2) is 0 Å². The van der Waals surface area contributed by atoms with Crippen molar-refractivity contribution in [1.82, 2.24) is 0 Å². The summed E-state index contributed by atoms with van der Waals surface area (Å²) in [6.45, 7) is 4.43. The van der Waals surface area contributed by atoms with Gasteiger partial charge in [0.25, 0.3) is 11.6 Å². The minimum atomic E-state index is -0.572. The largest absolute Gasteiger partial charge is 0.322 e. The first-order valence-corrected chi connectivity index (χ1v) is 8.87. The van der Waals surface area contributed by atoms with Crippen LogP contribution >= 0.6 is 0 Å². The molecule has 7 nitrogen and oxygen atoms in total. The van der Waals surface area contributed by atoms with E-state index in [2.05, 4.69) is 5.32 Å². The van der Waals surface area contributed by atoms with Crippen LogP contribution in [-0.2, 0) is 11.2 Å². The van der Waals surface area contributed by atoms with Gasteiger partial charge in [-0.05, 0) is 42.7 Å². The van der Waals surface area contributed by atoms with Gasteiger partial charge < -0.3 is 10.2 Å². The number of nitrogens with one attached hydrogen (secondary N) is 1. The van der Waals surface area contributed by atoms with Gasteiger partial charge in [0.1, 0.15) is 5.56 Å². The Morgan fingerprint density at radius 1 is 1.19 bits per heavy atom. The molecule has 0 saturated carbocycles. The normalized spacial score (nSPS) is 13.2. The SMILES string of the molecule is CC(C)C(=O)N1CCCc2cc(NC(=O)c3ccccc3[N+](=O)[O-])ccc21. The molecule has 0 radical (unpaired) electrons. The number of aryl methyl sites for hydroxylation is 1. The summed E-state index contributed by atoms with van der Waals surface area (Å²) in [5.41, 5.74) is 2.17. The molecule has 0 aliphatic carbocycles. The highest BCUT2D eigenvalue weighted by molar-refractivity contribution is 6.07. The lowest BCUT2D eigenvalue weighted by molar-refractivity contribution is -0.385. The van der Waals surface area contributed by atoms with E-state index in [4.69, 9.17) is 0 Å². The molecule has 0 atom stereocenters. The molecule has 0 bridgehead atoms. The van der Waals surface area contributed by atoms with E-state index < -0.39 is 10.8 Å². The molecule has 27 heavy (non-hydrogen) atoms. The Bertz CT molecular complexity index is 908. The summed E-state index contributed by atoms with van der Waals surface area (Å²) >= 11 is 0. The molecule has 0 fully saturated rings. The monoisotopic (exact) mass is 367 g/mol. The molecule has 3 rings (SSSR count). The van der Waals surface area contributed by atoms with Crippen LogP contribution in [0.1, 0.15) is 36.2 Å². The van der Waals surface area contributed by atoms with Gasteiger partial charge >= 0.3 is 0 Å². The number of anilines is 2. The third kappa shape index (κ3) is 3.81. The highest BCUT2D eigenvalue weighted by Crippen LogP contribution is 2.31. The molecular weight excluding hydrogens is 346 g/mol. The molecule has 0 saturated heterocycles. The maximum atomic E-state index is 12.5. The molecular formula is C20H21N3O4. The Kier molecular flexibility index (Phi) is 5.21. The van der Waals surface area contributed by atoms with Gasteiger partial charge in [0, 0.05) is 29.9 Å². The fraction of sp³-hybridized carbons (Fsp3) is 0.300. The minimum Gasteiger partial charge on any atom is -0.322 e. The van der Waals surface area contributed by atoms with E-state index in [0.29, 0.717) is 12.2 Å². The fourth-order valence-electron chi connectivity index (χ4n) is 3.24. The van der Waals surface area contributed by atoms with Crippen LogP contribution in [0.3, 0.4) is 0 Å². The number of nitro groups is 1. The first-order valence-electron chi connectivity index (χ1n) is 8.87. The molecule has 1 aliphatic rings. The average molecular weight is 367 g/mol. The number of hydrogen-bond acceptors (Lipinski definition) is 4. The summed E-state index contributed by atoms with van der Waals surface area (Å²) in [6.07, 6.45) is 1.67. The van der Waals surface area contributed by atoms with Crippen LogP contribution in [-0.4, -0.2) is 23.3 Å². The zero-order valence-corrected chi connectivity index (χ0v) is 15.3. The highest BCUT2D eigenvalue weighted by Gasteiger charge is 2.25. The summed E-state index contributed by atoms with van der Waals surface area (Å²) in [7, 11) is 0. The summed E-state index contributed by atoms with van der Waals surface area (Å²) in [6, 6.07) is 11.2. The molecule has 2 amide bonds. The van der Waals surface area contributed by atoms with E-state index in [1.54, 1.807) is 17.0 Å². The third-order valence-corrected chi connectivity index (χ3v) is 4.56. The Balaban J connectivity index is 1.85. The molecule has 0 spiro atoms. The zero-order valence-electron chi connectivity index (χ0n) is 15.3. The molecule has 0 aromatic heterocycles. The van der Waals surface area contributed by atoms with Gasteiger partial charge in [0.05, 0.1) is 4.92 Å². The van der Waals surface area contributed by atoms with Crippen molar-refractivity contribution in [3.63, 3.8) is 0 Å². The lowest BCUT2D eigenvalue weighted by Gasteiger charge is -2.31. The lowest BCUT2D eigenvalue weighted by Crippen LogP contribution is -2.38. The number of carbonyl (C=O) groups is 2. The standard InChI is InChI=1S/C20H21N3O4/c1-13(2)20(25)22-11-5-6-14-12-15(9-10-17(14)22)21-19(24)16-7-3-4-8-18(16)23(26)27/h3-4,7-10,12-13H,5-6,11H2,1-2H3,(H,21,24). The number of carbonyl (C=O) groups excluding carboxylic acids is 2. The molecule has 140 valence electrons. The van der Waals surface area contributed by atoms with Crippen molar-refractivity contribution in [3.05, 3.63) is 63.7 Å². The molecule has 2 aromatic rings. The summed E-state index contributed by atoms with van der Waals surface area (Å²) in [5, 5.41) is 13.8. The topological polar surface area (TPSA) is 92.6 Å². The Morgan fingerprint density at radius 3 is 2.63 bits per heavy atom. The van der Waals surface area contributed by atoms with Crippen LogP contribution < -0.4 is 10.2 Å². The predicted octanol–water partition coefficient (Wildman–Crippen LogP) is 3.78. The number of nitro benzene ring substituents is 1. The summed E-state index contributed by atoms with van der Waals surface area (Å²) in [4.78, 5) is 37.2. The Morgan fingerprint density at radius 2 is 1.93 bits per heavy atom. The number of hydrogen-bond donors (Lipinski definition) is 1. The number of rotatable bonds is 4. The second-order valence-electron chi connectivity index (χ2n) is 6.82. The van der Waals surface area contributed by atoms with E-state index in [1.165, 1.54) is 18.2 Å². The van der Waals surface area contributed by atoms with Crippen LogP contribution in [0, 0.1) is 16.0 Å². The van der Waals surface area contributed by atoms with Crippen LogP contribution in [0.15, 0.2) is 42.5 Å². The Hall–Kier alpha value is -3.22. The van der Waals surface area contributed by atoms with Crippen molar-refractivity contribution in [1.29, 1.82) is 0 Å². The van der Waals surface area contributed by atoms with Gasteiger partial charge in [-0.1, -0.05) is 26.0 Å². The van der Waals surface area contributed by atoms with Crippen molar-refractivity contribution < 1.29 is 14.5 Å². The third-order valence-electron chi connectivity index (χ3n) is 4.56. The second-order valence-corrected chi connectivity index (χ2v) is 6.82. The first kappa shape index (κ1) is 18.6. The number of benzene rings is 2. The van der Waals surface area contributed by atoms with Gasteiger partial charge in [0.15, 0.2) is 0 Å². The van der Waals surface area contributed by atoms with E-state index in [0.717, 1.165) is 24.1 Å². The zero-order chi connectivity index (χ0) is 19.6. The number of para-hydroxylation sites is 1. The first-order chi connectivity index (χ1) is 12.9. The van der Waals surface area contributed by atoms with E-state index in [-0.39, 0.29) is 23.1 Å². The average Bonchev–Trinajstić information content (AvgIpc) is 2.66. The van der Waals surface area contributed by atoms with Crippen molar-refractivity contribution in [2.24, 2.45) is 5.92 Å². The maximum absolute atomic E-state index is 12.5. The maximum Gasteiger partial charge on any atom is 0.282 e. The number of amides is 2. The van der Waals surface area contributed by atoms with Crippen molar-refractivity contribution in [2.75, 3.05) is 16.8 Å². The van der Waals surface area contributed by atoms with Crippen molar-refractivity contribution >= 4 is 28.9 Å². The van der Waals surface area contributed by atoms with E-state index in [1.807, 2.05) is 26.0 Å². The van der Waals surface area contributed by atoms with Crippen LogP contribution in [0.25, 0.3) is 0 Å². The van der Waals surface area contributed by atoms with Crippen LogP contribution in [0.2, 0.25) is 0 Å². The summed E-state index contributed by atoms with van der Waals surface area (Å²) < 4.78 is 0. The van der Waals surface area contributed by atoms with Gasteiger partial charge in [-0.3, -0.25) is 19.7 Å². The smallest absolute Gasteiger partial charge is 0.282 e. The Labute approximate surface area is 157 Å².